The van der Waals surface area contributed by atoms with E-state index in [-0.39, 0.29) is 5.91 Å². The van der Waals surface area contributed by atoms with Gasteiger partial charge in [0, 0.05) is 51.1 Å². The molecular weight excluding hydrogens is 877 g/mol. The quantitative estimate of drug-likeness (QED) is 0.191. The summed E-state index contributed by atoms with van der Waals surface area (Å²) in [5.74, 6) is 2.17. The van der Waals surface area contributed by atoms with Gasteiger partial charge in [-0.15, -0.1) is 20.4 Å². The number of benzene rings is 3. The molecule has 0 spiro atoms. The molecule has 6 fully saturated rings. The molecule has 9 aliphatic rings. The summed E-state index contributed by atoms with van der Waals surface area (Å²) >= 11 is 3.36. The normalized spacial score (nSPS) is 33.4. The van der Waals surface area contributed by atoms with Gasteiger partial charge in [0.25, 0.3) is 0 Å². The minimum Gasteiger partial charge on any atom is -0.366 e. The first kappa shape index (κ1) is 45.3. The standard InChI is InChI=1S/C20H25N3S.C19H23N3S.C18H24N2O/c1-13-21-22-19(24-13)15-7-6-14-12-18-16-5-3-4-8-20(16,17(14)11-15)9-10-23(18)2;1-22-9-8-19-7-3-2-4-15(19)17(22)11-13-5-6-14(10-16(13)19)18-21-20-12-23-18;1-20-9-8-18-7-3-2-4-14(18)16(20)11-12-5-6-13(17(19)21)10-15(12)18/h6-7,11,16,18H,3-5,8-10,12H2,1-2H3;5-6,10,12,15,17H,2-4,7-9,11H2,1H3;5-6,10,14,16H,2-4,7-9,11H2,1H3,(H2,19,21)/t16-,18+,20+;15-,17+,19+;14-,16+,18+/m111/s1. The van der Waals surface area contributed by atoms with Crippen molar-refractivity contribution in [2.45, 2.75) is 157 Å². The summed E-state index contributed by atoms with van der Waals surface area (Å²) in [7, 11) is 6.96. The summed E-state index contributed by atoms with van der Waals surface area (Å²) in [5.41, 5.74) is 21.1. The van der Waals surface area contributed by atoms with Crippen molar-refractivity contribution in [3.8, 4) is 21.1 Å². The molecule has 3 saturated carbocycles. The zero-order valence-electron chi connectivity index (χ0n) is 41.0. The van der Waals surface area contributed by atoms with E-state index in [1.165, 1.54) is 151 Å². The Morgan fingerprint density at radius 1 is 0.574 bits per heavy atom. The number of hydrogen-bond donors (Lipinski definition) is 1. The molecular formula is C57H72N8OS2. The van der Waals surface area contributed by atoms with Gasteiger partial charge in [-0.3, -0.25) is 4.79 Å². The molecule has 14 rings (SSSR count). The van der Waals surface area contributed by atoms with E-state index in [1.54, 1.807) is 44.9 Å². The molecule has 6 bridgehead atoms. The van der Waals surface area contributed by atoms with Crippen LogP contribution in [0.25, 0.3) is 21.1 Å². The lowest BCUT2D eigenvalue weighted by atomic mass is 9.52. The summed E-state index contributed by atoms with van der Waals surface area (Å²) in [6, 6.07) is 22.6. The summed E-state index contributed by atoms with van der Waals surface area (Å²) in [6.45, 7) is 5.73. The van der Waals surface area contributed by atoms with Crippen molar-refractivity contribution in [3.63, 3.8) is 0 Å². The third kappa shape index (κ3) is 7.40. The van der Waals surface area contributed by atoms with Gasteiger partial charge in [-0.2, -0.15) is 0 Å². The van der Waals surface area contributed by atoms with Gasteiger partial charge in [0.1, 0.15) is 20.5 Å². The van der Waals surface area contributed by atoms with Gasteiger partial charge in [0.2, 0.25) is 5.91 Å². The number of likely N-dealkylation sites (tertiary alicyclic amines) is 3. The first-order chi connectivity index (χ1) is 33.1. The molecule has 2 N–H and O–H groups in total. The first-order valence-electron chi connectivity index (χ1n) is 26.4. The van der Waals surface area contributed by atoms with Crippen molar-refractivity contribution < 1.29 is 4.79 Å². The minimum absolute atomic E-state index is 0.295. The molecule has 3 aromatic carbocycles. The lowest BCUT2D eigenvalue weighted by Crippen LogP contribution is -2.59. The number of nitrogens with two attached hydrogens (primary N) is 1. The number of aromatic nitrogens is 4. The second-order valence-electron chi connectivity index (χ2n) is 22.9. The molecule has 3 aliphatic heterocycles. The van der Waals surface area contributed by atoms with Gasteiger partial charge in [0.05, 0.1) is 0 Å². The average Bonchev–Trinajstić information content (AvgIpc) is 4.08. The molecule has 2 aromatic heterocycles. The molecule has 5 heterocycles. The van der Waals surface area contributed by atoms with Crippen molar-refractivity contribution in [2.75, 3.05) is 40.8 Å². The monoisotopic (exact) mass is 949 g/mol. The van der Waals surface area contributed by atoms with Gasteiger partial charge in [-0.1, -0.05) is 91.5 Å². The van der Waals surface area contributed by atoms with Gasteiger partial charge < -0.3 is 20.4 Å². The van der Waals surface area contributed by atoms with E-state index in [4.69, 9.17) is 5.73 Å². The Hall–Kier alpha value is -3.87. The fourth-order valence-corrected chi connectivity index (χ4v) is 18.0. The maximum Gasteiger partial charge on any atom is 0.248 e. The van der Waals surface area contributed by atoms with Crippen molar-refractivity contribution in [2.24, 2.45) is 23.5 Å². The zero-order valence-corrected chi connectivity index (χ0v) is 42.7. The number of rotatable bonds is 3. The van der Waals surface area contributed by atoms with Crippen LogP contribution in [0.5, 0.6) is 0 Å². The molecule has 0 unspecified atom stereocenters. The Morgan fingerprint density at radius 2 is 1.03 bits per heavy atom. The van der Waals surface area contributed by atoms with Crippen LogP contribution in [-0.2, 0) is 35.5 Å². The SMILES string of the molecule is CN1CC[C@@]23CCCC[C@@H]2[C@@H]1Cc1ccc(-c2nncs2)cc13.CN1CC[C@@]23CCCC[C@@H]2[C@@H]1Cc1ccc(C(N)=O)cc13.Cc1nnc(-c2ccc3c(c2)[C@]24CCCC[C@@H]2[C@H](C3)N(C)CC4)s1. The summed E-state index contributed by atoms with van der Waals surface area (Å²) < 4.78 is 0. The summed E-state index contributed by atoms with van der Waals surface area (Å²) in [6.07, 6.45) is 24.0. The Bertz CT molecular complexity index is 2680. The maximum absolute atomic E-state index is 11.6. The molecule has 6 aliphatic carbocycles. The van der Waals surface area contributed by atoms with Gasteiger partial charge >= 0.3 is 0 Å². The van der Waals surface area contributed by atoms with E-state index in [2.05, 4.69) is 105 Å². The number of nitrogens with zero attached hydrogens (tertiary/aromatic N) is 7. The lowest BCUT2D eigenvalue weighted by Gasteiger charge is -2.58. The Morgan fingerprint density at radius 3 is 1.46 bits per heavy atom. The van der Waals surface area contributed by atoms with Crippen molar-refractivity contribution in [1.82, 2.24) is 35.1 Å². The topological polar surface area (TPSA) is 104 Å². The highest BCUT2D eigenvalue weighted by atomic mass is 32.1. The minimum atomic E-state index is -0.295. The number of carbonyl (C=O) groups excluding carboxylic acids is 1. The van der Waals surface area contributed by atoms with Crippen LogP contribution in [0.1, 0.15) is 145 Å². The number of piperidine rings is 3. The van der Waals surface area contributed by atoms with Crippen LogP contribution in [-0.4, -0.2) is 99.9 Å². The third-order valence-electron chi connectivity index (χ3n) is 20.0. The van der Waals surface area contributed by atoms with Crippen LogP contribution in [0.4, 0.5) is 0 Å². The van der Waals surface area contributed by atoms with E-state index in [0.717, 1.165) is 51.3 Å². The number of hydrogen-bond acceptors (Lipinski definition) is 10. The van der Waals surface area contributed by atoms with E-state index >= 15 is 0 Å². The van der Waals surface area contributed by atoms with Crippen LogP contribution in [0.2, 0.25) is 0 Å². The Balaban J connectivity index is 0.000000106. The number of carbonyl (C=O) groups is 1. The number of aryl methyl sites for hydroxylation is 1. The van der Waals surface area contributed by atoms with Crippen LogP contribution >= 0.6 is 22.7 Å². The van der Waals surface area contributed by atoms with Gasteiger partial charge in [-0.05, 0) is 200 Å². The molecule has 0 radical (unpaired) electrons. The van der Waals surface area contributed by atoms with E-state index in [1.807, 2.05) is 18.5 Å². The van der Waals surface area contributed by atoms with Gasteiger partial charge in [-0.25, -0.2) is 0 Å². The van der Waals surface area contributed by atoms with E-state index < -0.39 is 0 Å². The second-order valence-corrected chi connectivity index (χ2v) is 24.9. The zero-order chi connectivity index (χ0) is 46.4. The molecule has 3 saturated heterocycles. The molecule has 1 amide bonds. The molecule has 9 nitrogen and oxygen atoms in total. The van der Waals surface area contributed by atoms with Gasteiger partial charge in [0.15, 0.2) is 0 Å². The molecule has 5 aromatic rings. The number of fused-ring (bicyclic) bond motifs is 3. The highest BCUT2D eigenvalue weighted by Crippen LogP contribution is 2.59. The number of amides is 1. The molecule has 358 valence electrons. The van der Waals surface area contributed by atoms with Crippen LogP contribution in [0.3, 0.4) is 0 Å². The fraction of sp³-hybridized carbons (Fsp3) is 0.596. The largest absolute Gasteiger partial charge is 0.366 e. The summed E-state index contributed by atoms with van der Waals surface area (Å²) in [5, 5.41) is 20.1. The van der Waals surface area contributed by atoms with E-state index in [9.17, 15) is 4.79 Å². The Kier molecular flexibility index (Phi) is 11.8. The summed E-state index contributed by atoms with van der Waals surface area (Å²) in [4.78, 5) is 19.4. The highest BCUT2D eigenvalue weighted by Gasteiger charge is 2.55. The highest BCUT2D eigenvalue weighted by molar-refractivity contribution is 7.14. The predicted octanol–water partition coefficient (Wildman–Crippen LogP) is 10.6. The maximum atomic E-state index is 11.6. The first-order valence-corrected chi connectivity index (χ1v) is 28.1. The third-order valence-corrected chi connectivity index (χ3v) is 21.6. The molecule has 9 atom stereocenters. The van der Waals surface area contributed by atoms with Crippen LogP contribution in [0.15, 0.2) is 60.1 Å². The van der Waals surface area contributed by atoms with E-state index in [0.29, 0.717) is 27.9 Å². The fourth-order valence-electron chi connectivity index (χ4n) is 16.7. The van der Waals surface area contributed by atoms with Crippen molar-refractivity contribution in [1.29, 1.82) is 0 Å². The smallest absolute Gasteiger partial charge is 0.248 e. The van der Waals surface area contributed by atoms with Crippen LogP contribution in [0, 0.1) is 24.7 Å². The lowest BCUT2D eigenvalue weighted by molar-refractivity contribution is 0.00282. The molecule has 68 heavy (non-hydrogen) atoms. The Labute approximate surface area is 412 Å². The number of primary amides is 1. The van der Waals surface area contributed by atoms with Crippen LogP contribution < -0.4 is 5.73 Å². The second kappa shape index (κ2) is 17.8. The van der Waals surface area contributed by atoms with Crippen molar-refractivity contribution >= 4 is 28.6 Å². The molecule has 11 heteroatoms. The number of likely N-dealkylation sites (N-methyl/N-ethyl adjacent to an activating group) is 3. The average molecular weight is 949 g/mol. The predicted molar refractivity (Wildman–Crippen MR) is 276 cm³/mol. The van der Waals surface area contributed by atoms with Crippen molar-refractivity contribution in [3.05, 3.63) is 104 Å².